The molecule has 1 amide bonds. The number of aromatic nitrogens is 2. The summed E-state index contributed by atoms with van der Waals surface area (Å²) in [5.41, 5.74) is -2.44. The molecule has 3 saturated carbocycles. The SMILES string of the molecule is CC[C@H](NC(=O)[C@@H]1C[C@](C)(CC(=O)Oc2ccccc2)c2ncc(NCc3cccc(C(F)(F)F)c3)c(=O)n21)B1O[C@@H]2C3CC(C[C@]2(C)O1)C3(C)C. The van der Waals surface area contributed by atoms with E-state index in [4.69, 9.17) is 14.0 Å². The number of anilines is 1. The molecule has 52 heavy (non-hydrogen) atoms. The third-order valence-electron chi connectivity index (χ3n) is 12.0. The molecule has 7 atom stereocenters. The molecule has 10 nitrogen and oxygen atoms in total. The van der Waals surface area contributed by atoms with Crippen LogP contribution in [0, 0.1) is 17.3 Å². The first-order valence-electron chi connectivity index (χ1n) is 17.9. The number of hydrogen-bond acceptors (Lipinski definition) is 8. The molecule has 2 unspecified atom stereocenters. The predicted octanol–water partition coefficient (Wildman–Crippen LogP) is 6.23. The van der Waals surface area contributed by atoms with E-state index in [0.717, 1.165) is 25.0 Å². The first-order chi connectivity index (χ1) is 24.5. The smallest absolute Gasteiger partial charge is 0.427 e. The Bertz CT molecular complexity index is 1920. The minimum absolute atomic E-state index is 0.00294. The number of carbonyl (C=O) groups is 2. The number of nitrogens with one attached hydrogen (secondary N) is 2. The first kappa shape index (κ1) is 36.2. The number of rotatable bonds is 10. The van der Waals surface area contributed by atoms with Gasteiger partial charge in [-0.25, -0.2) is 4.98 Å². The van der Waals surface area contributed by atoms with Crippen molar-refractivity contribution in [3.63, 3.8) is 0 Å². The van der Waals surface area contributed by atoms with Crippen LogP contribution in [0.3, 0.4) is 0 Å². The number of alkyl halides is 3. The van der Waals surface area contributed by atoms with Crippen LogP contribution in [0.15, 0.2) is 65.6 Å². The van der Waals surface area contributed by atoms with Gasteiger partial charge < -0.3 is 24.7 Å². The molecule has 2 aliphatic heterocycles. The van der Waals surface area contributed by atoms with Crippen LogP contribution in [-0.4, -0.2) is 46.2 Å². The standard InChI is InChI=1S/C38H44BF3N4O6/c1-6-29(39-51-31-26-16-24(35(26,2)3)17-37(31,5)52-39)45-32(48)28-18-36(4,19-30(47)50-25-13-8-7-9-14-25)34-44-21-27(33(49)46(28)34)43-20-22-11-10-12-23(15-22)38(40,41)42/h7-15,21,24,26,28-29,31,43H,6,16-20H2,1-5H3,(H,45,48)/t24?,26?,28-,29-,31+,36+,37-/m0/s1. The molecule has 3 aromatic rings. The third-order valence-corrected chi connectivity index (χ3v) is 12.0. The van der Waals surface area contributed by atoms with E-state index < -0.39 is 59.3 Å². The van der Waals surface area contributed by atoms with Crippen molar-refractivity contribution < 1.29 is 36.8 Å². The van der Waals surface area contributed by atoms with E-state index in [2.05, 4.69) is 36.4 Å². The van der Waals surface area contributed by atoms with Gasteiger partial charge in [0.2, 0.25) is 5.91 Å². The largest absolute Gasteiger partial charge is 0.481 e. The monoisotopic (exact) mass is 720 g/mol. The van der Waals surface area contributed by atoms with Gasteiger partial charge in [0.15, 0.2) is 0 Å². The van der Waals surface area contributed by atoms with Crippen LogP contribution in [0.5, 0.6) is 5.75 Å². The maximum Gasteiger partial charge on any atom is 0.481 e. The molecule has 1 aromatic heterocycles. The van der Waals surface area contributed by atoms with Gasteiger partial charge in [0.25, 0.3) is 5.56 Å². The van der Waals surface area contributed by atoms with E-state index in [0.29, 0.717) is 29.6 Å². The Hall–Kier alpha value is -4.17. The zero-order chi connectivity index (χ0) is 37.2. The molecule has 3 aliphatic carbocycles. The van der Waals surface area contributed by atoms with Crippen molar-refractivity contribution >= 4 is 24.7 Å². The Kier molecular flexibility index (Phi) is 9.09. The molecule has 14 heteroatoms. The number of amides is 1. The molecule has 2 aromatic carbocycles. The van der Waals surface area contributed by atoms with Crippen LogP contribution in [0.1, 0.15) is 89.7 Å². The van der Waals surface area contributed by atoms with Gasteiger partial charge in [0, 0.05) is 12.0 Å². The highest BCUT2D eigenvalue weighted by Gasteiger charge is 2.67. The third kappa shape index (κ3) is 6.42. The second-order valence-corrected chi connectivity index (χ2v) is 15.9. The number of carbonyl (C=O) groups excluding carboxylic acids is 2. The Labute approximate surface area is 301 Å². The fraction of sp³-hybridized carbons (Fsp3) is 0.526. The van der Waals surface area contributed by atoms with E-state index in [1.54, 1.807) is 37.3 Å². The van der Waals surface area contributed by atoms with Crippen molar-refractivity contribution in [1.82, 2.24) is 14.9 Å². The van der Waals surface area contributed by atoms with E-state index in [-0.39, 0.29) is 42.4 Å². The molecule has 276 valence electrons. The van der Waals surface area contributed by atoms with Gasteiger partial charge in [-0.3, -0.25) is 19.0 Å². The minimum Gasteiger partial charge on any atom is -0.427 e. The summed E-state index contributed by atoms with van der Waals surface area (Å²) in [7, 11) is -0.678. The van der Waals surface area contributed by atoms with Gasteiger partial charge in [-0.05, 0) is 79.7 Å². The van der Waals surface area contributed by atoms with E-state index in [1.807, 2.05) is 6.92 Å². The summed E-state index contributed by atoms with van der Waals surface area (Å²) >= 11 is 0. The van der Waals surface area contributed by atoms with Gasteiger partial charge in [-0.15, -0.1) is 0 Å². The number of para-hydroxylation sites is 1. The summed E-state index contributed by atoms with van der Waals surface area (Å²) in [6, 6.07) is 12.3. The van der Waals surface area contributed by atoms with Crippen molar-refractivity contribution in [3.05, 3.63) is 88.1 Å². The molecule has 1 saturated heterocycles. The van der Waals surface area contributed by atoms with E-state index >= 15 is 0 Å². The zero-order valence-electron chi connectivity index (χ0n) is 30.0. The minimum atomic E-state index is -4.52. The quantitative estimate of drug-likeness (QED) is 0.144. The lowest BCUT2D eigenvalue weighted by Crippen LogP contribution is -2.63. The summed E-state index contributed by atoms with van der Waals surface area (Å²) < 4.78 is 60.0. The maximum absolute atomic E-state index is 14.3. The number of benzene rings is 2. The lowest BCUT2D eigenvalue weighted by molar-refractivity contribution is -0.185. The number of nitrogens with zero attached hydrogens (tertiary/aromatic N) is 2. The number of halogens is 3. The number of esters is 1. The molecular weight excluding hydrogens is 676 g/mol. The highest BCUT2D eigenvalue weighted by molar-refractivity contribution is 6.47. The second-order valence-electron chi connectivity index (χ2n) is 15.9. The predicted molar refractivity (Wildman–Crippen MR) is 187 cm³/mol. The van der Waals surface area contributed by atoms with Crippen LogP contribution in [0.25, 0.3) is 0 Å². The average Bonchev–Trinajstić information content (AvgIpc) is 3.61. The molecule has 2 N–H and O–H groups in total. The van der Waals surface area contributed by atoms with Crippen LogP contribution < -0.4 is 20.9 Å². The Balaban J connectivity index is 1.14. The van der Waals surface area contributed by atoms with Gasteiger partial charge >= 0.3 is 19.3 Å². The molecule has 8 rings (SSSR count). The lowest BCUT2D eigenvalue weighted by atomic mass is 9.45. The Morgan fingerprint density at radius 3 is 2.54 bits per heavy atom. The molecule has 4 fully saturated rings. The molecule has 3 heterocycles. The lowest BCUT2D eigenvalue weighted by Gasteiger charge is -2.63. The fourth-order valence-electron chi connectivity index (χ4n) is 8.88. The highest BCUT2D eigenvalue weighted by atomic mass is 19.4. The maximum atomic E-state index is 14.3. The van der Waals surface area contributed by atoms with Crippen LogP contribution in [0.4, 0.5) is 18.9 Å². The average molecular weight is 721 g/mol. The molecule has 0 radical (unpaired) electrons. The summed E-state index contributed by atoms with van der Waals surface area (Å²) in [6.07, 6.45) is -0.927. The topological polar surface area (TPSA) is 121 Å². The highest BCUT2D eigenvalue weighted by Crippen LogP contribution is 2.64. The molecule has 5 aliphatic rings. The summed E-state index contributed by atoms with van der Waals surface area (Å²) in [4.78, 5) is 46.3. The second kappa shape index (κ2) is 13.0. The molecule has 0 spiro atoms. The number of ether oxygens (including phenoxy) is 1. The van der Waals surface area contributed by atoms with Gasteiger partial charge in [0.05, 0.1) is 35.8 Å². The normalized spacial score (nSPS) is 29.0. The fourth-order valence-corrected chi connectivity index (χ4v) is 8.88. The summed E-state index contributed by atoms with van der Waals surface area (Å²) in [5.74, 6) is -0.0245. The summed E-state index contributed by atoms with van der Waals surface area (Å²) in [6.45, 7) is 10.2. The Morgan fingerprint density at radius 1 is 1.10 bits per heavy atom. The van der Waals surface area contributed by atoms with Gasteiger partial charge in [0.1, 0.15) is 23.3 Å². The van der Waals surface area contributed by atoms with Crippen molar-refractivity contribution in [2.45, 2.75) is 109 Å². The van der Waals surface area contributed by atoms with Crippen LogP contribution in [0.2, 0.25) is 0 Å². The Morgan fingerprint density at radius 2 is 1.85 bits per heavy atom. The van der Waals surface area contributed by atoms with Gasteiger partial charge in [-0.1, -0.05) is 58.0 Å². The number of fused-ring (bicyclic) bond motifs is 1. The molecule has 2 bridgehead atoms. The zero-order valence-corrected chi connectivity index (χ0v) is 30.0. The van der Waals surface area contributed by atoms with Crippen LogP contribution in [-0.2, 0) is 37.0 Å². The molecular formula is C38H44BF3N4O6. The van der Waals surface area contributed by atoms with Crippen LogP contribution >= 0.6 is 0 Å². The van der Waals surface area contributed by atoms with E-state index in [1.165, 1.54) is 22.9 Å². The van der Waals surface area contributed by atoms with Crippen molar-refractivity contribution in [2.24, 2.45) is 17.3 Å². The van der Waals surface area contributed by atoms with Crippen molar-refractivity contribution in [3.8, 4) is 5.75 Å². The van der Waals surface area contributed by atoms with Gasteiger partial charge in [-0.2, -0.15) is 13.2 Å². The summed E-state index contributed by atoms with van der Waals surface area (Å²) in [5, 5.41) is 6.02. The van der Waals surface area contributed by atoms with Crippen molar-refractivity contribution in [2.75, 3.05) is 5.32 Å². The van der Waals surface area contributed by atoms with Crippen molar-refractivity contribution in [1.29, 1.82) is 0 Å². The van der Waals surface area contributed by atoms with E-state index in [9.17, 15) is 27.6 Å². The number of hydrogen-bond donors (Lipinski definition) is 2. The first-order valence-corrected chi connectivity index (χ1v) is 17.9.